The van der Waals surface area contributed by atoms with E-state index in [1.807, 2.05) is 30.7 Å². The zero-order valence-corrected chi connectivity index (χ0v) is 18.0. The van der Waals surface area contributed by atoms with Crippen LogP contribution in [0.1, 0.15) is 28.3 Å². The van der Waals surface area contributed by atoms with Crippen molar-refractivity contribution in [3.05, 3.63) is 63.1 Å². The molecular weight excluding hydrogens is 446 g/mol. The summed E-state index contributed by atoms with van der Waals surface area (Å²) in [5, 5.41) is 12.0. The molecule has 3 aromatic rings. The molecule has 0 radical (unpaired) electrons. The van der Waals surface area contributed by atoms with E-state index < -0.39 is 0 Å². The number of aryl methyl sites for hydroxylation is 3. The highest BCUT2D eigenvalue weighted by Crippen LogP contribution is 2.27. The normalized spacial score (nSPS) is 10.9. The van der Waals surface area contributed by atoms with E-state index in [0.717, 1.165) is 28.8 Å². The van der Waals surface area contributed by atoms with Crippen molar-refractivity contribution >= 4 is 33.4 Å². The topological polar surface area (TPSA) is 74.0 Å². The van der Waals surface area contributed by atoms with Crippen molar-refractivity contribution in [2.24, 2.45) is 0 Å². The third-order valence-electron chi connectivity index (χ3n) is 4.06. The minimum absolute atomic E-state index is 0.159. The van der Waals surface area contributed by atoms with Gasteiger partial charge in [0.25, 0.3) is 5.91 Å². The molecule has 0 bridgehead atoms. The number of hydrogen-bond acceptors (Lipinski definition) is 4. The van der Waals surface area contributed by atoms with Gasteiger partial charge in [0.1, 0.15) is 11.4 Å². The van der Waals surface area contributed by atoms with Gasteiger partial charge in [-0.15, -0.1) is 0 Å². The number of aromatic nitrogens is 4. The average Bonchev–Trinajstić information content (AvgIpc) is 3.24. The van der Waals surface area contributed by atoms with E-state index in [0.29, 0.717) is 23.0 Å². The van der Waals surface area contributed by atoms with Gasteiger partial charge in [0.15, 0.2) is 6.73 Å². The van der Waals surface area contributed by atoms with Crippen LogP contribution in [0.25, 0.3) is 0 Å². The van der Waals surface area contributed by atoms with Crippen LogP contribution in [0.15, 0.2) is 41.0 Å². The number of hydrogen-bond donors (Lipinski definition) is 1. The van der Waals surface area contributed by atoms with Crippen LogP contribution in [0.3, 0.4) is 0 Å². The maximum Gasteiger partial charge on any atom is 0.271 e. The number of rotatable bonds is 8. The Labute approximate surface area is 176 Å². The fourth-order valence-corrected chi connectivity index (χ4v) is 3.43. The smallest absolute Gasteiger partial charge is 0.271 e. The third-order valence-corrected chi connectivity index (χ3v) is 4.84. The molecule has 1 N–H and O–H groups in total. The van der Waals surface area contributed by atoms with Gasteiger partial charge in [0.2, 0.25) is 0 Å². The maximum atomic E-state index is 12.2. The highest BCUT2D eigenvalue weighted by molar-refractivity contribution is 9.10. The number of nitrogens with one attached hydrogen (secondary N) is 1. The first-order valence-corrected chi connectivity index (χ1v) is 10.00. The van der Waals surface area contributed by atoms with E-state index >= 15 is 0 Å². The van der Waals surface area contributed by atoms with Crippen molar-refractivity contribution < 1.29 is 9.53 Å². The predicted octanol–water partition coefficient (Wildman–Crippen LogP) is 3.97. The summed E-state index contributed by atoms with van der Waals surface area (Å²) < 4.78 is 10.0. The molecule has 0 saturated heterocycles. The molecule has 0 spiro atoms. The van der Waals surface area contributed by atoms with Crippen LogP contribution >= 0.6 is 27.5 Å². The van der Waals surface area contributed by atoms with Crippen LogP contribution in [-0.4, -0.2) is 32.0 Å². The van der Waals surface area contributed by atoms with E-state index in [4.69, 9.17) is 16.3 Å². The summed E-state index contributed by atoms with van der Waals surface area (Å²) >= 11 is 9.47. The van der Waals surface area contributed by atoms with Gasteiger partial charge in [-0.1, -0.05) is 27.5 Å². The van der Waals surface area contributed by atoms with E-state index in [2.05, 4.69) is 31.4 Å². The minimum Gasteiger partial charge on any atom is -0.470 e. The second-order valence-corrected chi connectivity index (χ2v) is 7.67. The molecule has 2 heterocycles. The Morgan fingerprint density at radius 2 is 2.07 bits per heavy atom. The van der Waals surface area contributed by atoms with E-state index in [-0.39, 0.29) is 12.6 Å². The van der Waals surface area contributed by atoms with Crippen LogP contribution in [0.5, 0.6) is 5.75 Å². The van der Waals surface area contributed by atoms with E-state index in [1.54, 1.807) is 29.1 Å². The average molecular weight is 467 g/mol. The summed E-state index contributed by atoms with van der Waals surface area (Å²) in [5.41, 5.74) is 2.46. The van der Waals surface area contributed by atoms with Crippen molar-refractivity contribution in [2.75, 3.05) is 6.54 Å². The largest absolute Gasteiger partial charge is 0.470 e. The highest BCUT2D eigenvalue weighted by atomic mass is 79.9. The first-order chi connectivity index (χ1) is 13.4. The lowest BCUT2D eigenvalue weighted by Crippen LogP contribution is -2.26. The second-order valence-electron chi connectivity index (χ2n) is 6.35. The summed E-state index contributed by atoms with van der Waals surface area (Å²) in [5.74, 6) is 0.337. The summed E-state index contributed by atoms with van der Waals surface area (Å²) in [6.45, 7) is 5.46. The molecule has 0 fully saturated rings. The molecular formula is C19H21BrClN5O2. The molecule has 1 aromatic carbocycles. The molecule has 0 aliphatic rings. The molecule has 0 atom stereocenters. The summed E-state index contributed by atoms with van der Waals surface area (Å²) in [6, 6.07) is 9.06. The van der Waals surface area contributed by atoms with Gasteiger partial charge in [-0.2, -0.15) is 10.2 Å². The van der Waals surface area contributed by atoms with Crippen molar-refractivity contribution in [1.29, 1.82) is 0 Å². The number of amides is 1. The Bertz CT molecular complexity index is 969. The molecule has 9 heteroatoms. The lowest BCUT2D eigenvalue weighted by atomic mass is 10.3. The van der Waals surface area contributed by atoms with Crippen molar-refractivity contribution in [3.63, 3.8) is 0 Å². The van der Waals surface area contributed by atoms with Gasteiger partial charge in [-0.05, 0) is 50.6 Å². The number of benzene rings is 1. The lowest BCUT2D eigenvalue weighted by Gasteiger charge is -2.08. The first kappa shape index (κ1) is 20.4. The third kappa shape index (κ3) is 5.36. The fourth-order valence-electron chi connectivity index (χ4n) is 2.71. The zero-order chi connectivity index (χ0) is 20.1. The number of halogens is 2. The van der Waals surface area contributed by atoms with Crippen LogP contribution in [0, 0.1) is 13.8 Å². The van der Waals surface area contributed by atoms with Crippen LogP contribution in [-0.2, 0) is 13.3 Å². The minimum atomic E-state index is -0.214. The Hall–Kier alpha value is -2.32. The van der Waals surface area contributed by atoms with Crippen LogP contribution in [0.2, 0.25) is 5.02 Å². The predicted molar refractivity (Wildman–Crippen MR) is 111 cm³/mol. The molecule has 0 unspecified atom stereocenters. The molecule has 0 aliphatic heterocycles. The molecule has 0 saturated carbocycles. The van der Waals surface area contributed by atoms with Crippen molar-refractivity contribution in [2.45, 2.75) is 33.5 Å². The van der Waals surface area contributed by atoms with Gasteiger partial charge >= 0.3 is 0 Å². The maximum absolute atomic E-state index is 12.2. The molecule has 148 valence electrons. The van der Waals surface area contributed by atoms with E-state index in [1.165, 1.54) is 0 Å². The van der Waals surface area contributed by atoms with Gasteiger partial charge in [-0.3, -0.25) is 9.48 Å². The molecule has 0 aliphatic carbocycles. The number of carbonyl (C=O) groups is 1. The van der Waals surface area contributed by atoms with Gasteiger partial charge < -0.3 is 10.1 Å². The molecule has 28 heavy (non-hydrogen) atoms. The Kier molecular flexibility index (Phi) is 6.74. The Balaban J connectivity index is 1.45. The quantitative estimate of drug-likeness (QED) is 0.510. The summed E-state index contributed by atoms with van der Waals surface area (Å²) in [7, 11) is 0. The lowest BCUT2D eigenvalue weighted by molar-refractivity contribution is 0.0945. The summed E-state index contributed by atoms with van der Waals surface area (Å²) in [4.78, 5) is 12.2. The van der Waals surface area contributed by atoms with Crippen molar-refractivity contribution in [1.82, 2.24) is 24.9 Å². The number of ether oxygens (including phenoxy) is 1. The van der Waals surface area contributed by atoms with Gasteiger partial charge in [-0.25, -0.2) is 4.68 Å². The van der Waals surface area contributed by atoms with Crippen LogP contribution < -0.4 is 10.1 Å². The monoisotopic (exact) mass is 465 g/mol. The molecule has 7 nitrogen and oxygen atoms in total. The zero-order valence-electron chi connectivity index (χ0n) is 15.7. The second kappa shape index (κ2) is 9.25. The molecule has 2 aromatic heterocycles. The summed E-state index contributed by atoms with van der Waals surface area (Å²) in [6.07, 6.45) is 2.48. The van der Waals surface area contributed by atoms with Gasteiger partial charge in [0, 0.05) is 29.5 Å². The SMILES string of the molecule is Cc1cc(C)n(CCCNC(=O)c2ccn(COc3ccc(Br)cc3Cl)n2)n1. The van der Waals surface area contributed by atoms with Crippen LogP contribution in [0.4, 0.5) is 0 Å². The molecule has 3 rings (SSSR count). The Morgan fingerprint density at radius 3 is 2.79 bits per heavy atom. The number of carbonyl (C=O) groups excluding carboxylic acids is 1. The fraction of sp³-hybridized carbons (Fsp3) is 0.316. The van der Waals surface area contributed by atoms with E-state index in [9.17, 15) is 4.79 Å². The Morgan fingerprint density at radius 1 is 1.25 bits per heavy atom. The van der Waals surface area contributed by atoms with Gasteiger partial charge in [0.05, 0.1) is 10.7 Å². The molecule has 1 amide bonds. The highest BCUT2D eigenvalue weighted by Gasteiger charge is 2.10. The number of nitrogens with zero attached hydrogens (tertiary/aromatic N) is 4. The van der Waals surface area contributed by atoms with Crippen molar-refractivity contribution in [3.8, 4) is 5.75 Å². The first-order valence-electron chi connectivity index (χ1n) is 8.83. The standard InChI is InChI=1S/C19H21BrClN5O2/c1-13-10-14(2)26(23-13)8-3-7-22-19(27)17-6-9-25(24-17)12-28-18-5-4-15(20)11-16(18)21/h4-6,9-11H,3,7-8,12H2,1-2H3,(H,22,27).